The van der Waals surface area contributed by atoms with E-state index in [-0.39, 0.29) is 23.8 Å². The second-order valence-electron chi connectivity index (χ2n) is 10.4. The summed E-state index contributed by atoms with van der Waals surface area (Å²) in [4.78, 5) is 35.5. The van der Waals surface area contributed by atoms with Gasteiger partial charge in [0.15, 0.2) is 5.79 Å². The molecule has 0 radical (unpaired) electrons. The zero-order valence-corrected chi connectivity index (χ0v) is 22.3. The number of likely N-dealkylation sites (tertiary alicyclic amines) is 1. The number of hydrogen-bond donors (Lipinski definition) is 2. The van der Waals surface area contributed by atoms with Gasteiger partial charge in [-0.25, -0.2) is 9.78 Å². The highest BCUT2D eigenvalue weighted by Crippen LogP contribution is 2.44. The van der Waals surface area contributed by atoms with Crippen LogP contribution >= 0.6 is 15.9 Å². The number of ether oxygens (including phenoxy) is 3. The second-order valence-corrected chi connectivity index (χ2v) is 11.3. The van der Waals surface area contributed by atoms with Crippen LogP contribution in [0.4, 0.5) is 4.79 Å². The third-order valence-electron chi connectivity index (χ3n) is 6.48. The summed E-state index contributed by atoms with van der Waals surface area (Å²) in [6, 6.07) is 6.74. The number of aromatic amines is 1. The number of nitrogens with zero attached hydrogens (tertiary/aromatic N) is 2. The molecule has 190 valence electrons. The largest absolute Gasteiger partial charge is 0.453 e. The first kappa shape index (κ1) is 25.7. The molecule has 2 N–H and O–H groups in total. The van der Waals surface area contributed by atoms with Gasteiger partial charge in [-0.15, -0.1) is 0 Å². The molecule has 2 fully saturated rings. The zero-order valence-electron chi connectivity index (χ0n) is 20.8. The van der Waals surface area contributed by atoms with Gasteiger partial charge < -0.3 is 29.4 Å². The summed E-state index contributed by atoms with van der Waals surface area (Å²) in [6.45, 7) is 9.23. The molecule has 1 aromatic carbocycles. The van der Waals surface area contributed by atoms with Crippen molar-refractivity contribution in [1.29, 1.82) is 0 Å². The number of alkyl carbamates (subject to hydrolysis) is 1. The van der Waals surface area contributed by atoms with Crippen LogP contribution < -0.4 is 5.32 Å². The number of nitrogens with one attached hydrogen (secondary N) is 2. The molecular weight excluding hydrogens is 516 g/mol. The topological polar surface area (TPSA) is 106 Å². The minimum atomic E-state index is -0.923. The number of H-pyrrole nitrogens is 1. The summed E-state index contributed by atoms with van der Waals surface area (Å²) in [5.41, 5.74) is 1.72. The summed E-state index contributed by atoms with van der Waals surface area (Å²) in [5, 5.41) is 2.69. The van der Waals surface area contributed by atoms with Crippen LogP contribution in [0.15, 0.2) is 34.9 Å². The van der Waals surface area contributed by atoms with Gasteiger partial charge in [-0.2, -0.15) is 0 Å². The van der Waals surface area contributed by atoms with Gasteiger partial charge in [-0.05, 0) is 23.6 Å². The van der Waals surface area contributed by atoms with Crippen LogP contribution in [0.25, 0.3) is 11.3 Å². The zero-order chi connectivity index (χ0) is 25.4. The quantitative estimate of drug-likeness (QED) is 0.578. The third-order valence-corrected chi connectivity index (χ3v) is 7.01. The van der Waals surface area contributed by atoms with E-state index >= 15 is 0 Å². The molecule has 0 saturated carbocycles. The van der Waals surface area contributed by atoms with E-state index in [1.54, 1.807) is 11.1 Å². The molecule has 2 aliphatic heterocycles. The van der Waals surface area contributed by atoms with Gasteiger partial charge in [0.2, 0.25) is 5.91 Å². The van der Waals surface area contributed by atoms with Gasteiger partial charge in [0.05, 0.1) is 44.8 Å². The molecule has 1 spiro atoms. The van der Waals surface area contributed by atoms with Gasteiger partial charge in [-0.3, -0.25) is 4.79 Å². The van der Waals surface area contributed by atoms with Crippen molar-refractivity contribution in [3.05, 3.63) is 40.8 Å². The van der Waals surface area contributed by atoms with E-state index in [2.05, 4.69) is 45.1 Å². The molecule has 9 nitrogen and oxygen atoms in total. The Bertz CT molecular complexity index is 1060. The Kier molecular flexibility index (Phi) is 7.26. The first-order valence-electron chi connectivity index (χ1n) is 11.8. The number of carbonyl (C=O) groups is 2. The Labute approximate surface area is 214 Å². The van der Waals surface area contributed by atoms with Crippen molar-refractivity contribution < 1.29 is 23.8 Å². The average Bonchev–Trinajstić information content (AvgIpc) is 3.45. The normalized spacial score (nSPS) is 21.8. The lowest BCUT2D eigenvalue weighted by molar-refractivity contribution is -0.290. The minimum absolute atomic E-state index is 0.107. The Hall–Kier alpha value is -2.43. The molecule has 2 aromatic rings. The smallest absolute Gasteiger partial charge is 0.407 e. The highest BCUT2D eigenvalue weighted by Gasteiger charge is 2.53. The predicted octanol–water partition coefficient (Wildman–Crippen LogP) is 4.26. The number of methoxy groups -OCH3 is 1. The monoisotopic (exact) mass is 548 g/mol. The third kappa shape index (κ3) is 5.54. The van der Waals surface area contributed by atoms with Crippen LogP contribution in [0.1, 0.15) is 46.0 Å². The number of rotatable bonds is 5. The summed E-state index contributed by atoms with van der Waals surface area (Å²) < 4.78 is 18.2. The van der Waals surface area contributed by atoms with Crippen molar-refractivity contribution >= 4 is 27.9 Å². The molecule has 1 unspecified atom stereocenters. The molecule has 2 atom stereocenters. The second kappa shape index (κ2) is 9.91. The SMILES string of the molecule is COC(=O)NC(C(=O)N1CC2(C[C@H]1c1ncc(-c3ccc(Br)cc3)[nH]1)OCC(C)(C)CO2)C(C)C. The summed E-state index contributed by atoms with van der Waals surface area (Å²) >= 11 is 3.46. The first-order valence-corrected chi connectivity index (χ1v) is 12.6. The van der Waals surface area contributed by atoms with Crippen LogP contribution in [-0.4, -0.2) is 65.6 Å². The fraction of sp³-hybridized carbons (Fsp3) is 0.560. The van der Waals surface area contributed by atoms with Gasteiger partial charge in [0, 0.05) is 16.3 Å². The van der Waals surface area contributed by atoms with Crippen molar-refractivity contribution in [1.82, 2.24) is 20.2 Å². The number of imidazole rings is 1. The number of benzene rings is 1. The number of amides is 2. The van der Waals surface area contributed by atoms with Crippen LogP contribution in [-0.2, 0) is 19.0 Å². The Morgan fingerprint density at radius 2 is 1.89 bits per heavy atom. The van der Waals surface area contributed by atoms with Crippen LogP contribution in [0.2, 0.25) is 0 Å². The van der Waals surface area contributed by atoms with E-state index in [0.717, 1.165) is 15.7 Å². The van der Waals surface area contributed by atoms with E-state index in [4.69, 9.17) is 14.2 Å². The van der Waals surface area contributed by atoms with Crippen molar-refractivity contribution in [2.24, 2.45) is 11.3 Å². The molecule has 1 aromatic heterocycles. The van der Waals surface area contributed by atoms with Crippen LogP contribution in [0.3, 0.4) is 0 Å². The predicted molar refractivity (Wildman–Crippen MR) is 133 cm³/mol. The molecule has 35 heavy (non-hydrogen) atoms. The molecule has 4 rings (SSSR count). The van der Waals surface area contributed by atoms with Gasteiger partial charge >= 0.3 is 6.09 Å². The van der Waals surface area contributed by atoms with E-state index in [9.17, 15) is 9.59 Å². The van der Waals surface area contributed by atoms with Crippen LogP contribution in [0.5, 0.6) is 0 Å². The summed E-state index contributed by atoms with van der Waals surface area (Å²) in [7, 11) is 1.28. The average molecular weight is 549 g/mol. The molecule has 2 aliphatic rings. The lowest BCUT2D eigenvalue weighted by Crippen LogP contribution is -2.53. The van der Waals surface area contributed by atoms with Crippen molar-refractivity contribution in [2.75, 3.05) is 26.9 Å². The van der Waals surface area contributed by atoms with Gasteiger partial charge in [0.25, 0.3) is 0 Å². The van der Waals surface area contributed by atoms with E-state index in [1.807, 2.05) is 38.1 Å². The van der Waals surface area contributed by atoms with Gasteiger partial charge in [-0.1, -0.05) is 55.8 Å². The maximum Gasteiger partial charge on any atom is 0.407 e. The maximum atomic E-state index is 13.8. The highest BCUT2D eigenvalue weighted by atomic mass is 79.9. The minimum Gasteiger partial charge on any atom is -0.453 e. The number of halogens is 1. The Morgan fingerprint density at radius 3 is 2.49 bits per heavy atom. The van der Waals surface area contributed by atoms with E-state index in [0.29, 0.717) is 25.5 Å². The number of hydrogen-bond acceptors (Lipinski definition) is 6. The molecule has 2 saturated heterocycles. The van der Waals surface area contributed by atoms with Gasteiger partial charge in [0.1, 0.15) is 11.9 Å². The standard InChI is InChI=1S/C25H33BrN4O5/c1-15(2)20(29-23(32)33-5)22(31)30-12-25(34-13-24(3,4)14-35-25)10-19(30)21-27-11-18(28-21)16-6-8-17(26)9-7-16/h6-9,11,15,19-20H,10,12-14H2,1-5H3,(H,27,28)(H,29,32)/t19-,20?/m0/s1. The fourth-order valence-electron chi connectivity index (χ4n) is 4.42. The van der Waals surface area contributed by atoms with Crippen molar-refractivity contribution in [3.8, 4) is 11.3 Å². The highest BCUT2D eigenvalue weighted by molar-refractivity contribution is 9.10. The lowest BCUT2D eigenvalue weighted by Gasteiger charge is -2.41. The van der Waals surface area contributed by atoms with Crippen LogP contribution in [0, 0.1) is 11.3 Å². The molecule has 0 aliphatic carbocycles. The lowest BCUT2D eigenvalue weighted by atomic mass is 9.94. The maximum absolute atomic E-state index is 13.8. The summed E-state index contributed by atoms with van der Waals surface area (Å²) in [5.74, 6) is -0.662. The molecule has 0 bridgehead atoms. The Morgan fingerprint density at radius 1 is 1.23 bits per heavy atom. The fourth-order valence-corrected chi connectivity index (χ4v) is 4.69. The molecular formula is C25H33BrN4O5. The molecule has 3 heterocycles. The summed E-state index contributed by atoms with van der Waals surface area (Å²) in [6.07, 6.45) is 1.56. The number of aromatic nitrogens is 2. The van der Waals surface area contributed by atoms with E-state index < -0.39 is 24.0 Å². The molecule has 2 amide bonds. The van der Waals surface area contributed by atoms with E-state index in [1.165, 1.54) is 7.11 Å². The Balaban J connectivity index is 1.65. The first-order chi connectivity index (χ1) is 16.5. The van der Waals surface area contributed by atoms with Crippen molar-refractivity contribution in [2.45, 2.75) is 52.0 Å². The number of carbonyl (C=O) groups excluding carboxylic acids is 2. The molecule has 10 heteroatoms. The van der Waals surface area contributed by atoms with Crippen molar-refractivity contribution in [3.63, 3.8) is 0 Å².